The largest absolute Gasteiger partial charge is 0.416 e. The van der Waals surface area contributed by atoms with Gasteiger partial charge in [0, 0.05) is 17.6 Å². The van der Waals surface area contributed by atoms with E-state index in [2.05, 4.69) is 6.58 Å². The lowest BCUT2D eigenvalue weighted by Crippen LogP contribution is -2.24. The predicted octanol–water partition coefficient (Wildman–Crippen LogP) is 4.76. The van der Waals surface area contributed by atoms with E-state index in [-0.39, 0.29) is 12.2 Å². The molecule has 0 unspecified atom stereocenters. The van der Waals surface area contributed by atoms with Crippen LogP contribution in [0.3, 0.4) is 0 Å². The molecule has 0 amide bonds. The predicted molar refractivity (Wildman–Crippen MR) is 81.0 cm³/mol. The number of hydrogen-bond acceptors (Lipinski definition) is 1. The van der Waals surface area contributed by atoms with Gasteiger partial charge in [0.15, 0.2) is 0 Å². The molecular formula is C16H13ClF3NO. The van der Waals surface area contributed by atoms with Gasteiger partial charge in [0.2, 0.25) is 0 Å². The number of pyridine rings is 1. The topological polar surface area (TPSA) is 22.0 Å². The first-order valence-electron chi connectivity index (χ1n) is 6.41. The molecule has 1 aromatic carbocycles. The molecule has 0 spiro atoms. The first-order valence-corrected chi connectivity index (χ1v) is 6.78. The molecule has 0 radical (unpaired) electrons. The number of halogens is 4. The van der Waals surface area contributed by atoms with Gasteiger partial charge in [0.05, 0.1) is 11.3 Å². The molecule has 0 aliphatic rings. The summed E-state index contributed by atoms with van der Waals surface area (Å²) in [4.78, 5) is 12.1. The third-order valence-corrected chi connectivity index (χ3v) is 3.28. The van der Waals surface area contributed by atoms with Crippen LogP contribution in [0, 0.1) is 0 Å². The molecule has 0 aliphatic carbocycles. The summed E-state index contributed by atoms with van der Waals surface area (Å²) in [5, 5.41) is 0.463. The molecule has 2 rings (SSSR count). The van der Waals surface area contributed by atoms with Gasteiger partial charge < -0.3 is 4.57 Å². The minimum Gasteiger partial charge on any atom is -0.304 e. The highest BCUT2D eigenvalue weighted by atomic mass is 35.5. The quantitative estimate of drug-likeness (QED) is 0.745. The van der Waals surface area contributed by atoms with Crippen LogP contribution in [-0.4, -0.2) is 4.57 Å². The molecule has 1 aromatic heterocycles. The van der Waals surface area contributed by atoms with E-state index in [1.165, 1.54) is 4.57 Å². The number of aromatic nitrogens is 1. The van der Waals surface area contributed by atoms with Gasteiger partial charge in [-0.2, -0.15) is 13.2 Å². The van der Waals surface area contributed by atoms with E-state index in [0.717, 1.165) is 6.07 Å². The minimum atomic E-state index is -4.58. The molecular weight excluding hydrogens is 315 g/mol. The van der Waals surface area contributed by atoms with Crippen molar-refractivity contribution in [2.45, 2.75) is 19.6 Å². The van der Waals surface area contributed by atoms with Crippen LogP contribution >= 0.6 is 11.6 Å². The lowest BCUT2D eigenvalue weighted by molar-refractivity contribution is -0.137. The molecule has 0 atom stereocenters. The van der Waals surface area contributed by atoms with Crippen LogP contribution in [0.5, 0.6) is 0 Å². The van der Waals surface area contributed by atoms with E-state index < -0.39 is 17.3 Å². The van der Waals surface area contributed by atoms with E-state index in [4.69, 9.17) is 11.6 Å². The van der Waals surface area contributed by atoms with Gasteiger partial charge >= 0.3 is 6.18 Å². The maximum absolute atomic E-state index is 12.9. The lowest BCUT2D eigenvalue weighted by Gasteiger charge is -2.16. The average Bonchev–Trinajstić information content (AvgIpc) is 2.40. The second-order valence-electron chi connectivity index (χ2n) is 5.02. The van der Waals surface area contributed by atoms with Crippen LogP contribution in [0.4, 0.5) is 13.2 Å². The third kappa shape index (κ3) is 3.60. The molecule has 0 bridgehead atoms. The van der Waals surface area contributed by atoms with Crippen LogP contribution in [0.25, 0.3) is 11.3 Å². The van der Waals surface area contributed by atoms with Gasteiger partial charge in [-0.15, -0.1) is 0 Å². The highest BCUT2D eigenvalue weighted by Crippen LogP contribution is 2.31. The smallest absolute Gasteiger partial charge is 0.304 e. The summed E-state index contributed by atoms with van der Waals surface area (Å²) in [6.07, 6.45) is -4.58. The van der Waals surface area contributed by atoms with Gasteiger partial charge in [0.25, 0.3) is 5.56 Å². The van der Waals surface area contributed by atoms with Gasteiger partial charge in [-0.3, -0.25) is 4.79 Å². The third-order valence-electron chi connectivity index (χ3n) is 3.02. The Hall–Kier alpha value is -2.01. The number of alkyl halides is 3. The van der Waals surface area contributed by atoms with Crippen molar-refractivity contribution in [1.82, 2.24) is 4.57 Å². The summed E-state index contributed by atoms with van der Waals surface area (Å²) in [6, 6.07) is 7.84. The van der Waals surface area contributed by atoms with Gasteiger partial charge in [-0.1, -0.05) is 35.9 Å². The Balaban J connectivity index is 2.71. The SMILES string of the molecule is C=C(C)Cn1c(-c2ccc(Cl)cc2)cc(C(F)(F)F)cc1=O. The molecule has 0 aliphatic heterocycles. The highest BCUT2D eigenvalue weighted by molar-refractivity contribution is 6.30. The molecule has 6 heteroatoms. The highest BCUT2D eigenvalue weighted by Gasteiger charge is 2.32. The Kier molecular flexibility index (Phi) is 4.47. The second-order valence-corrected chi connectivity index (χ2v) is 5.45. The number of rotatable bonds is 3. The Bertz CT molecular complexity index is 760. The van der Waals surface area contributed by atoms with Gasteiger partial charge in [0.1, 0.15) is 0 Å². The number of allylic oxidation sites excluding steroid dienone is 1. The lowest BCUT2D eigenvalue weighted by atomic mass is 10.1. The standard InChI is InChI=1S/C16H13ClF3NO/c1-10(2)9-21-14(11-3-5-13(17)6-4-11)7-12(8-15(21)22)16(18,19)20/h3-8H,1,9H2,2H3. The van der Waals surface area contributed by atoms with Crippen molar-refractivity contribution in [2.24, 2.45) is 0 Å². The van der Waals surface area contributed by atoms with Crippen LogP contribution in [0.1, 0.15) is 12.5 Å². The molecule has 22 heavy (non-hydrogen) atoms. The number of hydrogen-bond donors (Lipinski definition) is 0. The summed E-state index contributed by atoms with van der Waals surface area (Å²) in [7, 11) is 0. The maximum Gasteiger partial charge on any atom is 0.416 e. The first-order chi connectivity index (χ1) is 10.2. The summed E-state index contributed by atoms with van der Waals surface area (Å²) in [5.41, 5.74) is -0.367. The Morgan fingerprint density at radius 2 is 1.82 bits per heavy atom. The molecule has 0 saturated carbocycles. The van der Waals surface area contributed by atoms with Crippen molar-refractivity contribution in [3.63, 3.8) is 0 Å². The molecule has 0 saturated heterocycles. The number of benzene rings is 1. The zero-order valence-corrected chi connectivity index (χ0v) is 12.5. The summed E-state index contributed by atoms with van der Waals surface area (Å²) < 4.78 is 40.1. The summed E-state index contributed by atoms with van der Waals surface area (Å²) in [6.45, 7) is 5.56. The van der Waals surface area contributed by atoms with Gasteiger partial charge in [-0.05, 0) is 30.7 Å². The van der Waals surface area contributed by atoms with E-state index in [9.17, 15) is 18.0 Å². The van der Waals surface area contributed by atoms with Crippen LogP contribution < -0.4 is 5.56 Å². The Morgan fingerprint density at radius 3 is 2.32 bits per heavy atom. The normalized spacial score (nSPS) is 11.5. The Morgan fingerprint density at radius 1 is 1.23 bits per heavy atom. The van der Waals surface area contributed by atoms with Crippen LogP contribution in [0.2, 0.25) is 5.02 Å². The maximum atomic E-state index is 12.9. The van der Waals surface area contributed by atoms with E-state index >= 15 is 0 Å². The van der Waals surface area contributed by atoms with Crippen molar-refractivity contribution >= 4 is 11.6 Å². The van der Waals surface area contributed by atoms with Gasteiger partial charge in [-0.25, -0.2) is 0 Å². The first kappa shape index (κ1) is 16.4. The van der Waals surface area contributed by atoms with Crippen LogP contribution in [-0.2, 0) is 12.7 Å². The average molecular weight is 328 g/mol. The van der Waals surface area contributed by atoms with Crippen molar-refractivity contribution in [1.29, 1.82) is 0 Å². The van der Waals surface area contributed by atoms with Crippen LogP contribution in [0.15, 0.2) is 53.3 Å². The zero-order chi connectivity index (χ0) is 16.5. The molecule has 0 N–H and O–H groups in total. The van der Waals surface area contributed by atoms with Crippen molar-refractivity contribution < 1.29 is 13.2 Å². The summed E-state index contributed by atoms with van der Waals surface area (Å²) >= 11 is 5.80. The monoisotopic (exact) mass is 327 g/mol. The molecule has 2 aromatic rings. The fourth-order valence-corrected chi connectivity index (χ4v) is 2.18. The van der Waals surface area contributed by atoms with Crippen molar-refractivity contribution in [3.05, 3.63) is 69.5 Å². The molecule has 0 fully saturated rings. The van der Waals surface area contributed by atoms with Crippen molar-refractivity contribution in [3.8, 4) is 11.3 Å². The van der Waals surface area contributed by atoms with Crippen molar-refractivity contribution in [2.75, 3.05) is 0 Å². The summed E-state index contributed by atoms with van der Waals surface area (Å²) in [5.74, 6) is 0. The fraction of sp³-hybridized carbons (Fsp3) is 0.188. The zero-order valence-electron chi connectivity index (χ0n) is 11.7. The number of nitrogens with zero attached hydrogens (tertiary/aromatic N) is 1. The second kappa shape index (κ2) is 6.01. The van der Waals surface area contributed by atoms with E-state index in [1.54, 1.807) is 31.2 Å². The Labute approximate surface area is 130 Å². The van der Waals surface area contributed by atoms with E-state index in [0.29, 0.717) is 22.2 Å². The molecule has 116 valence electrons. The molecule has 1 heterocycles. The molecule has 2 nitrogen and oxygen atoms in total. The minimum absolute atomic E-state index is 0.148. The van der Waals surface area contributed by atoms with E-state index in [1.807, 2.05) is 0 Å². The fourth-order valence-electron chi connectivity index (χ4n) is 2.05.